The Morgan fingerprint density at radius 1 is 0.895 bits per heavy atom. The number of rotatable bonds is 1. The molecule has 0 spiro atoms. The number of nitrogen functional groups attached to an aromatic ring is 2. The summed E-state index contributed by atoms with van der Waals surface area (Å²) in [6.45, 7) is 4.09. The van der Waals surface area contributed by atoms with Crippen LogP contribution >= 0.6 is 0 Å². The lowest BCUT2D eigenvalue weighted by Crippen LogP contribution is -1.95. The highest BCUT2D eigenvalue weighted by Crippen LogP contribution is 2.09. The van der Waals surface area contributed by atoms with Gasteiger partial charge in [0.1, 0.15) is 0 Å². The van der Waals surface area contributed by atoms with Crippen LogP contribution < -0.4 is 11.5 Å². The minimum absolute atomic E-state index is 0.259. The van der Waals surface area contributed by atoms with Crippen molar-refractivity contribution >= 4 is 17.3 Å². The van der Waals surface area contributed by atoms with Crippen LogP contribution in [0.4, 0.5) is 11.4 Å². The van der Waals surface area contributed by atoms with Crippen molar-refractivity contribution < 1.29 is 9.90 Å². The van der Waals surface area contributed by atoms with E-state index in [0.29, 0.717) is 5.69 Å². The van der Waals surface area contributed by atoms with Crippen LogP contribution in [0.3, 0.4) is 0 Å². The lowest BCUT2D eigenvalue weighted by molar-refractivity contribution is 0.0697. The van der Waals surface area contributed by atoms with Crippen molar-refractivity contribution in [2.75, 3.05) is 11.5 Å². The Morgan fingerprint density at radius 3 is 1.74 bits per heavy atom. The lowest BCUT2D eigenvalue weighted by Gasteiger charge is -1.97. The quantitative estimate of drug-likeness (QED) is 0.686. The number of hydrogen-bond acceptors (Lipinski definition) is 3. The number of nitrogens with two attached hydrogens (primary N) is 2. The van der Waals surface area contributed by atoms with Crippen LogP contribution in [0, 0.1) is 13.8 Å². The van der Waals surface area contributed by atoms with Gasteiger partial charge >= 0.3 is 5.97 Å². The van der Waals surface area contributed by atoms with Crippen molar-refractivity contribution in [3.8, 4) is 0 Å². The molecule has 0 heterocycles. The van der Waals surface area contributed by atoms with Crippen LogP contribution in [0.25, 0.3) is 0 Å². The fourth-order valence-corrected chi connectivity index (χ4v) is 1.64. The van der Waals surface area contributed by atoms with Crippen LogP contribution in [0.15, 0.2) is 42.5 Å². The molecule has 0 saturated heterocycles. The van der Waals surface area contributed by atoms with Crippen molar-refractivity contribution in [3.63, 3.8) is 0 Å². The van der Waals surface area contributed by atoms with Gasteiger partial charge in [0, 0.05) is 11.4 Å². The van der Waals surface area contributed by atoms with E-state index in [0.717, 1.165) is 5.69 Å². The van der Waals surface area contributed by atoms with Gasteiger partial charge in [-0.1, -0.05) is 6.07 Å². The molecule has 0 aromatic heterocycles. The van der Waals surface area contributed by atoms with Crippen molar-refractivity contribution in [3.05, 3.63) is 59.2 Å². The van der Waals surface area contributed by atoms with E-state index in [1.165, 1.54) is 23.3 Å². The first-order valence-electron chi connectivity index (χ1n) is 5.81. The van der Waals surface area contributed by atoms with E-state index in [1.54, 1.807) is 12.1 Å². The van der Waals surface area contributed by atoms with Gasteiger partial charge in [0.25, 0.3) is 0 Å². The standard InChI is InChI=1S/C8H11N.C7H7NO2/c1-6-3-7(2)5-8(9)4-6;8-6-3-1-5(2-4-6)7(9)10/h3-5H,9H2,1-2H3;1-4H,8H2,(H,9,10). The molecule has 0 fully saturated rings. The zero-order chi connectivity index (χ0) is 14.4. The van der Waals surface area contributed by atoms with E-state index in [-0.39, 0.29) is 5.56 Å². The van der Waals surface area contributed by atoms with Gasteiger partial charge in [-0.15, -0.1) is 0 Å². The van der Waals surface area contributed by atoms with Crippen LogP contribution in [-0.4, -0.2) is 11.1 Å². The van der Waals surface area contributed by atoms with Gasteiger partial charge in [-0.3, -0.25) is 0 Å². The SMILES string of the molecule is Cc1cc(C)cc(N)c1.Nc1ccc(C(=O)O)cc1. The number of anilines is 2. The second-order valence-corrected chi connectivity index (χ2v) is 4.35. The maximum absolute atomic E-state index is 10.3. The van der Waals surface area contributed by atoms with Gasteiger partial charge in [-0.2, -0.15) is 0 Å². The molecular weight excluding hydrogens is 240 g/mol. The molecule has 4 heteroatoms. The molecule has 0 aliphatic carbocycles. The summed E-state index contributed by atoms with van der Waals surface area (Å²) in [7, 11) is 0. The molecule has 4 nitrogen and oxygen atoms in total. The normalized spacial score (nSPS) is 9.37. The molecule has 100 valence electrons. The Hall–Kier alpha value is -2.49. The van der Waals surface area contributed by atoms with E-state index in [9.17, 15) is 4.79 Å². The molecule has 0 radical (unpaired) electrons. The third-order valence-corrected chi connectivity index (χ3v) is 2.40. The number of benzene rings is 2. The van der Waals surface area contributed by atoms with Crippen molar-refractivity contribution in [1.82, 2.24) is 0 Å². The highest BCUT2D eigenvalue weighted by Gasteiger charge is 1.98. The minimum Gasteiger partial charge on any atom is -0.478 e. The second-order valence-electron chi connectivity index (χ2n) is 4.35. The topological polar surface area (TPSA) is 89.3 Å². The van der Waals surface area contributed by atoms with Crippen LogP contribution in [0.2, 0.25) is 0 Å². The molecule has 0 aliphatic rings. The number of carbonyl (C=O) groups is 1. The maximum Gasteiger partial charge on any atom is 0.335 e. The molecule has 0 aliphatic heterocycles. The van der Waals surface area contributed by atoms with E-state index in [1.807, 2.05) is 26.0 Å². The molecule has 0 atom stereocenters. The first-order valence-corrected chi connectivity index (χ1v) is 5.81. The van der Waals surface area contributed by atoms with Crippen LogP contribution in [-0.2, 0) is 0 Å². The van der Waals surface area contributed by atoms with Crippen LogP contribution in [0.1, 0.15) is 21.5 Å². The van der Waals surface area contributed by atoms with E-state index < -0.39 is 5.97 Å². The summed E-state index contributed by atoms with van der Waals surface area (Å²) in [5.41, 5.74) is 15.0. The average Bonchev–Trinajstić information content (AvgIpc) is 2.28. The van der Waals surface area contributed by atoms with Crippen molar-refractivity contribution in [2.24, 2.45) is 0 Å². The molecule has 19 heavy (non-hydrogen) atoms. The van der Waals surface area contributed by atoms with Crippen LogP contribution in [0.5, 0.6) is 0 Å². The Labute approximate surface area is 112 Å². The minimum atomic E-state index is -0.931. The van der Waals surface area contributed by atoms with Gasteiger partial charge in [0.05, 0.1) is 5.56 Å². The number of aromatic carboxylic acids is 1. The fraction of sp³-hybridized carbons (Fsp3) is 0.133. The first-order chi connectivity index (χ1) is 8.88. The molecule has 0 saturated carbocycles. The summed E-state index contributed by atoms with van der Waals surface area (Å²) in [6, 6.07) is 12.1. The lowest BCUT2D eigenvalue weighted by atomic mass is 10.1. The third-order valence-electron chi connectivity index (χ3n) is 2.40. The second kappa shape index (κ2) is 6.44. The van der Waals surface area contributed by atoms with E-state index in [4.69, 9.17) is 16.6 Å². The smallest absolute Gasteiger partial charge is 0.335 e. The Bertz CT molecular complexity index is 512. The Kier molecular flexibility index (Phi) is 4.94. The Morgan fingerprint density at radius 2 is 1.37 bits per heavy atom. The Balaban J connectivity index is 0.000000191. The molecular formula is C15H18N2O2. The maximum atomic E-state index is 10.3. The van der Waals surface area contributed by atoms with Gasteiger partial charge in [0.15, 0.2) is 0 Å². The molecule has 0 amide bonds. The molecule has 2 rings (SSSR count). The van der Waals surface area contributed by atoms with Crippen molar-refractivity contribution in [1.29, 1.82) is 0 Å². The summed E-state index contributed by atoms with van der Waals surface area (Å²) in [5, 5.41) is 8.43. The molecule has 5 N–H and O–H groups in total. The highest BCUT2D eigenvalue weighted by atomic mass is 16.4. The molecule has 2 aromatic rings. The molecule has 0 bridgehead atoms. The summed E-state index contributed by atoms with van der Waals surface area (Å²) < 4.78 is 0. The average molecular weight is 258 g/mol. The summed E-state index contributed by atoms with van der Waals surface area (Å²) >= 11 is 0. The van der Waals surface area contributed by atoms with Gasteiger partial charge < -0.3 is 16.6 Å². The van der Waals surface area contributed by atoms with Crippen molar-refractivity contribution in [2.45, 2.75) is 13.8 Å². The van der Waals surface area contributed by atoms with E-state index >= 15 is 0 Å². The third kappa shape index (κ3) is 5.12. The molecule has 2 aromatic carbocycles. The number of carboxylic acids is 1. The molecule has 0 unspecified atom stereocenters. The van der Waals surface area contributed by atoms with E-state index in [2.05, 4.69) is 6.07 Å². The predicted molar refractivity (Wildman–Crippen MR) is 78.1 cm³/mol. The number of carboxylic acid groups (broad SMARTS) is 1. The largest absolute Gasteiger partial charge is 0.478 e. The number of hydrogen-bond donors (Lipinski definition) is 3. The first kappa shape index (κ1) is 14.6. The summed E-state index contributed by atoms with van der Waals surface area (Å²) in [4.78, 5) is 10.3. The summed E-state index contributed by atoms with van der Waals surface area (Å²) in [5.74, 6) is -0.931. The van der Waals surface area contributed by atoms with Gasteiger partial charge in [-0.25, -0.2) is 4.79 Å². The van der Waals surface area contributed by atoms with Gasteiger partial charge in [-0.05, 0) is 61.4 Å². The zero-order valence-corrected chi connectivity index (χ0v) is 11.1. The summed E-state index contributed by atoms with van der Waals surface area (Å²) in [6.07, 6.45) is 0. The monoisotopic (exact) mass is 258 g/mol. The predicted octanol–water partition coefficient (Wildman–Crippen LogP) is 2.85. The number of aryl methyl sites for hydroxylation is 2. The van der Waals surface area contributed by atoms with Gasteiger partial charge in [0.2, 0.25) is 0 Å². The fourth-order valence-electron chi connectivity index (χ4n) is 1.64. The highest BCUT2D eigenvalue weighted by molar-refractivity contribution is 5.87. The zero-order valence-electron chi connectivity index (χ0n) is 11.1.